The molecule has 1 aliphatic heterocycles. The second-order valence-electron chi connectivity index (χ2n) is 5.39. The Balaban J connectivity index is 2.23. The minimum atomic E-state index is -0.695. The second-order valence-corrected chi connectivity index (χ2v) is 6.22. The van der Waals surface area contributed by atoms with Gasteiger partial charge >= 0.3 is 11.9 Å². The molecule has 1 atom stereocenters. The molecule has 1 aromatic heterocycles. The lowest BCUT2D eigenvalue weighted by Crippen LogP contribution is -2.60. The van der Waals surface area contributed by atoms with Crippen LogP contribution in [0.4, 0.5) is 9.93 Å². The number of aromatic nitrogens is 1. The van der Waals surface area contributed by atoms with Crippen LogP contribution in [0.15, 0.2) is 5.38 Å². The van der Waals surface area contributed by atoms with Gasteiger partial charge in [0.15, 0.2) is 10.8 Å². The van der Waals surface area contributed by atoms with E-state index in [1.165, 1.54) is 18.4 Å². The lowest BCUT2D eigenvalue weighted by atomic mass is 10.2. The Labute approximate surface area is 121 Å². The Bertz CT molecular complexity index is 539. The summed E-state index contributed by atoms with van der Waals surface area (Å²) in [7, 11) is 1.50. The zero-order valence-corrected chi connectivity index (χ0v) is 12.6. The van der Waals surface area contributed by atoms with Crippen LogP contribution in [0.1, 0.15) is 24.3 Å². The maximum Gasteiger partial charge on any atom is 0.421 e. The summed E-state index contributed by atoms with van der Waals surface area (Å²) in [6, 6.07) is -0.963. The molecule has 1 aliphatic rings. The molecule has 2 heterocycles. The summed E-state index contributed by atoms with van der Waals surface area (Å²) in [4.78, 5) is 30.3. The fourth-order valence-corrected chi connectivity index (χ4v) is 2.77. The number of amides is 3. The molecular formula is C12H19N4O3S+. The summed E-state index contributed by atoms with van der Waals surface area (Å²) in [6.07, 6.45) is -0.333. The molecule has 20 heavy (non-hydrogen) atoms. The van der Waals surface area contributed by atoms with Crippen molar-refractivity contribution in [2.45, 2.75) is 26.0 Å². The van der Waals surface area contributed by atoms with E-state index in [2.05, 4.69) is 4.98 Å². The standard InChI is InChI=1S/C12H18N4O3S/c1-7(2)16(3,11(13)19)10(18)9-6-20-12(14-9)15-4-8(17)5-15/h6-8,17H,4-5H2,1-3H3,(H-,13,19)/p+1. The number of thiazole rings is 1. The number of urea groups is 1. The second kappa shape index (κ2) is 5.12. The van der Waals surface area contributed by atoms with E-state index in [9.17, 15) is 14.7 Å². The normalized spacial score (nSPS) is 18.8. The van der Waals surface area contributed by atoms with Crippen molar-refractivity contribution in [1.29, 1.82) is 0 Å². The molecule has 3 N–H and O–H groups in total. The molecule has 110 valence electrons. The molecule has 3 amide bonds. The van der Waals surface area contributed by atoms with E-state index in [1.54, 1.807) is 19.2 Å². The predicted molar refractivity (Wildman–Crippen MR) is 75.6 cm³/mol. The van der Waals surface area contributed by atoms with Crippen LogP contribution in [-0.2, 0) is 0 Å². The van der Waals surface area contributed by atoms with Gasteiger partial charge in [-0.05, 0) is 13.8 Å². The SMILES string of the molecule is CC(C)[N+](C)(C(N)=O)C(=O)c1csc(N2CC(O)C2)n1. The molecular weight excluding hydrogens is 280 g/mol. The number of aliphatic hydroxyl groups is 1. The summed E-state index contributed by atoms with van der Waals surface area (Å²) in [5.41, 5.74) is 5.61. The molecule has 1 fully saturated rings. The van der Waals surface area contributed by atoms with Gasteiger partial charge in [0.1, 0.15) is 0 Å². The molecule has 0 bridgehead atoms. The molecule has 0 spiro atoms. The molecule has 0 saturated carbocycles. The van der Waals surface area contributed by atoms with Crippen LogP contribution in [-0.4, -0.2) is 58.8 Å². The van der Waals surface area contributed by atoms with Gasteiger partial charge in [-0.15, -0.1) is 11.3 Å². The van der Waals surface area contributed by atoms with Gasteiger partial charge in [-0.25, -0.2) is 14.6 Å². The van der Waals surface area contributed by atoms with Gasteiger partial charge in [-0.2, -0.15) is 4.48 Å². The molecule has 2 rings (SSSR count). The van der Waals surface area contributed by atoms with E-state index in [1.807, 2.05) is 4.90 Å². The maximum absolute atomic E-state index is 12.5. The van der Waals surface area contributed by atoms with Crippen molar-refractivity contribution in [3.05, 3.63) is 11.1 Å². The molecule has 1 unspecified atom stereocenters. The van der Waals surface area contributed by atoms with Gasteiger partial charge in [-0.1, -0.05) is 0 Å². The minimum Gasteiger partial charge on any atom is -0.389 e. The zero-order chi connectivity index (χ0) is 15.1. The average molecular weight is 299 g/mol. The number of aliphatic hydroxyl groups excluding tert-OH is 1. The molecule has 1 saturated heterocycles. The minimum absolute atomic E-state index is 0.237. The number of anilines is 1. The third-order valence-electron chi connectivity index (χ3n) is 3.76. The molecule has 0 aliphatic carbocycles. The molecule has 8 heteroatoms. The van der Waals surface area contributed by atoms with E-state index in [-0.39, 0.29) is 17.8 Å². The highest BCUT2D eigenvalue weighted by atomic mass is 32.1. The van der Waals surface area contributed by atoms with Gasteiger partial charge in [0.05, 0.1) is 19.2 Å². The van der Waals surface area contributed by atoms with E-state index < -0.39 is 16.4 Å². The van der Waals surface area contributed by atoms with Gasteiger partial charge in [0.25, 0.3) is 0 Å². The number of hydrogen-bond acceptors (Lipinski definition) is 6. The number of quaternary nitrogens is 1. The summed E-state index contributed by atoms with van der Waals surface area (Å²) >= 11 is 1.32. The summed E-state index contributed by atoms with van der Waals surface area (Å²) in [6.45, 7) is 4.57. The lowest BCUT2D eigenvalue weighted by Gasteiger charge is -2.35. The fourth-order valence-electron chi connectivity index (χ4n) is 1.95. The number of imide groups is 1. The van der Waals surface area contributed by atoms with Crippen LogP contribution in [0.25, 0.3) is 0 Å². The smallest absolute Gasteiger partial charge is 0.389 e. The van der Waals surface area contributed by atoms with Crippen molar-refractivity contribution in [2.24, 2.45) is 5.73 Å². The van der Waals surface area contributed by atoms with E-state index in [0.29, 0.717) is 18.2 Å². The third kappa shape index (κ3) is 2.30. The highest BCUT2D eigenvalue weighted by Gasteiger charge is 2.44. The third-order valence-corrected chi connectivity index (χ3v) is 4.66. The number of β-amino-alcohol motifs (C(OH)–C–C–N with tert-alkyl or cyclic N) is 1. The van der Waals surface area contributed by atoms with Crippen molar-refractivity contribution in [2.75, 3.05) is 25.0 Å². The van der Waals surface area contributed by atoms with Crippen molar-refractivity contribution in [3.63, 3.8) is 0 Å². The van der Waals surface area contributed by atoms with E-state index in [4.69, 9.17) is 5.73 Å². The largest absolute Gasteiger partial charge is 0.421 e. The van der Waals surface area contributed by atoms with E-state index >= 15 is 0 Å². The number of primary amides is 1. The molecule has 1 aromatic rings. The Morgan fingerprint density at radius 1 is 1.55 bits per heavy atom. The topological polar surface area (TPSA) is 96.5 Å². The van der Waals surface area contributed by atoms with Crippen LogP contribution < -0.4 is 10.6 Å². The number of carbonyl (C=O) groups excluding carboxylic acids is 2. The number of nitrogens with zero attached hydrogens (tertiary/aromatic N) is 3. The maximum atomic E-state index is 12.5. The van der Waals surface area contributed by atoms with Crippen LogP contribution in [0.3, 0.4) is 0 Å². The van der Waals surface area contributed by atoms with Gasteiger partial charge in [-0.3, -0.25) is 0 Å². The Morgan fingerprint density at radius 3 is 2.60 bits per heavy atom. The zero-order valence-electron chi connectivity index (χ0n) is 11.7. The summed E-state index contributed by atoms with van der Waals surface area (Å²) < 4.78 is -0.508. The van der Waals surface area contributed by atoms with Crippen molar-refractivity contribution >= 4 is 28.4 Å². The van der Waals surface area contributed by atoms with Gasteiger partial charge < -0.3 is 15.7 Å². The number of carbonyl (C=O) groups is 2. The van der Waals surface area contributed by atoms with E-state index in [0.717, 1.165) is 0 Å². The first-order valence-electron chi connectivity index (χ1n) is 6.36. The Kier molecular flexibility index (Phi) is 3.81. The van der Waals surface area contributed by atoms with Crippen molar-refractivity contribution < 1.29 is 19.2 Å². The molecule has 0 radical (unpaired) electrons. The first-order valence-corrected chi connectivity index (χ1v) is 7.24. The first kappa shape index (κ1) is 14.9. The van der Waals surface area contributed by atoms with Gasteiger partial charge in [0.2, 0.25) is 0 Å². The first-order chi connectivity index (χ1) is 9.26. The van der Waals surface area contributed by atoms with Crippen LogP contribution >= 0.6 is 11.3 Å². The van der Waals surface area contributed by atoms with Crippen molar-refractivity contribution in [3.8, 4) is 0 Å². The van der Waals surface area contributed by atoms with Crippen LogP contribution in [0.2, 0.25) is 0 Å². The highest BCUT2D eigenvalue weighted by molar-refractivity contribution is 7.14. The summed E-state index contributed by atoms with van der Waals surface area (Å²) in [5.74, 6) is -0.406. The van der Waals surface area contributed by atoms with Crippen LogP contribution in [0, 0.1) is 0 Å². The van der Waals surface area contributed by atoms with Crippen molar-refractivity contribution in [1.82, 2.24) is 4.98 Å². The summed E-state index contributed by atoms with van der Waals surface area (Å²) in [5, 5.41) is 11.6. The van der Waals surface area contributed by atoms with Gasteiger partial charge in [0, 0.05) is 18.5 Å². The lowest BCUT2D eigenvalue weighted by molar-refractivity contribution is -0.768. The predicted octanol–water partition coefficient (Wildman–Crippen LogP) is 0.398. The fraction of sp³-hybridized carbons (Fsp3) is 0.583. The quantitative estimate of drug-likeness (QED) is 0.787. The highest BCUT2D eigenvalue weighted by Crippen LogP contribution is 2.27. The molecule has 0 aromatic carbocycles. The monoisotopic (exact) mass is 299 g/mol. The number of nitrogens with two attached hydrogens (primary N) is 1. The number of rotatable bonds is 3. The molecule has 7 nitrogen and oxygen atoms in total. The Hall–Kier alpha value is -1.51. The van der Waals surface area contributed by atoms with Crippen LogP contribution in [0.5, 0.6) is 0 Å². The Morgan fingerprint density at radius 2 is 2.15 bits per heavy atom. The number of hydrogen-bond donors (Lipinski definition) is 2. The average Bonchev–Trinajstić information content (AvgIpc) is 2.81.